The van der Waals surface area contributed by atoms with Crippen molar-refractivity contribution >= 4 is 23.4 Å². The maximum atomic E-state index is 4.89. The van der Waals surface area contributed by atoms with Gasteiger partial charge in [0.1, 0.15) is 5.65 Å². The van der Waals surface area contributed by atoms with E-state index in [1.54, 1.807) is 0 Å². The minimum Gasteiger partial charge on any atom is -0.357 e. The van der Waals surface area contributed by atoms with Gasteiger partial charge >= 0.3 is 0 Å². The lowest BCUT2D eigenvalue weighted by molar-refractivity contribution is 0.474. The summed E-state index contributed by atoms with van der Waals surface area (Å²) in [5.41, 5.74) is 2.09. The van der Waals surface area contributed by atoms with Gasteiger partial charge in [-0.15, -0.1) is 11.8 Å². The molecular weight excluding hydrogens is 378 g/mol. The van der Waals surface area contributed by atoms with E-state index in [-0.39, 0.29) is 0 Å². The number of imidazole rings is 1. The lowest BCUT2D eigenvalue weighted by Crippen LogP contribution is -2.40. The maximum absolute atomic E-state index is 4.89. The molecule has 152 valence electrons. The van der Waals surface area contributed by atoms with Gasteiger partial charge in [0.15, 0.2) is 5.96 Å². The number of thioether (sulfide) groups is 1. The lowest BCUT2D eigenvalue weighted by Gasteiger charge is -2.21. The molecule has 5 nitrogen and oxygen atoms in total. The molecule has 1 aliphatic rings. The molecule has 0 aliphatic carbocycles. The zero-order chi connectivity index (χ0) is 19.9. The molecule has 29 heavy (non-hydrogen) atoms. The Hall–Kier alpha value is -2.47. The standard InChI is InChI=1S/C23H29N5S/c1-2-24-23(25-13-11-20-17-27-14-7-6-10-22(27)26-20)28-15-12-19(16-28)18-29-21-8-4-3-5-9-21/h3-10,14,17,19H,2,11-13,15-16,18H2,1H3,(H,24,25). The highest BCUT2D eigenvalue weighted by Crippen LogP contribution is 2.25. The van der Waals surface area contributed by atoms with Crippen LogP contribution in [-0.2, 0) is 6.42 Å². The SMILES string of the molecule is CCNC(=NCCc1cn2ccccc2n1)N1CCC(CSc2ccccc2)C1. The second-order valence-corrected chi connectivity index (χ2v) is 8.50. The molecular formula is C23H29N5S. The number of hydrogen-bond donors (Lipinski definition) is 1. The van der Waals surface area contributed by atoms with Crippen molar-refractivity contribution in [3.63, 3.8) is 0 Å². The molecule has 2 aromatic heterocycles. The molecule has 0 spiro atoms. The van der Waals surface area contributed by atoms with E-state index in [0.717, 1.165) is 49.9 Å². The Balaban J connectivity index is 1.30. The average molecular weight is 408 g/mol. The van der Waals surface area contributed by atoms with Crippen LogP contribution in [0.15, 0.2) is 70.8 Å². The van der Waals surface area contributed by atoms with Gasteiger partial charge in [-0.2, -0.15) is 0 Å². The number of nitrogens with one attached hydrogen (secondary N) is 1. The fourth-order valence-corrected chi connectivity index (χ4v) is 4.75. The molecule has 1 atom stereocenters. The van der Waals surface area contributed by atoms with Crippen LogP contribution in [0.3, 0.4) is 0 Å². The molecule has 0 bridgehead atoms. The first-order valence-electron chi connectivity index (χ1n) is 10.5. The van der Waals surface area contributed by atoms with Gasteiger partial charge in [0.05, 0.1) is 5.69 Å². The number of fused-ring (bicyclic) bond motifs is 1. The summed E-state index contributed by atoms with van der Waals surface area (Å²) in [6.45, 7) is 5.95. The van der Waals surface area contributed by atoms with E-state index in [0.29, 0.717) is 5.92 Å². The summed E-state index contributed by atoms with van der Waals surface area (Å²) < 4.78 is 2.07. The monoisotopic (exact) mass is 407 g/mol. The molecule has 1 saturated heterocycles. The third-order valence-electron chi connectivity index (χ3n) is 5.19. The summed E-state index contributed by atoms with van der Waals surface area (Å²) in [7, 11) is 0. The largest absolute Gasteiger partial charge is 0.357 e. The predicted octanol–water partition coefficient (Wildman–Crippen LogP) is 3.96. The molecule has 3 aromatic rings. The van der Waals surface area contributed by atoms with Crippen LogP contribution in [0.5, 0.6) is 0 Å². The van der Waals surface area contributed by atoms with Crippen molar-refractivity contribution in [1.82, 2.24) is 19.6 Å². The van der Waals surface area contributed by atoms with Crippen molar-refractivity contribution in [3.8, 4) is 0 Å². The molecule has 1 fully saturated rings. The Morgan fingerprint density at radius 2 is 2.07 bits per heavy atom. The number of aliphatic imine (C=N–C) groups is 1. The van der Waals surface area contributed by atoms with E-state index in [9.17, 15) is 0 Å². The molecule has 3 heterocycles. The topological polar surface area (TPSA) is 44.9 Å². The Labute approximate surface area is 177 Å². The summed E-state index contributed by atoms with van der Waals surface area (Å²) in [6.07, 6.45) is 6.23. The van der Waals surface area contributed by atoms with Crippen molar-refractivity contribution in [2.75, 3.05) is 31.9 Å². The summed E-state index contributed by atoms with van der Waals surface area (Å²) in [5.74, 6) is 2.92. The molecule has 6 heteroatoms. The fourth-order valence-electron chi connectivity index (χ4n) is 3.70. The average Bonchev–Trinajstić information content (AvgIpc) is 3.39. The Bertz CT molecular complexity index is 904. The van der Waals surface area contributed by atoms with E-state index in [2.05, 4.69) is 63.1 Å². The van der Waals surface area contributed by atoms with Crippen LogP contribution >= 0.6 is 11.8 Å². The Morgan fingerprint density at radius 1 is 1.21 bits per heavy atom. The van der Waals surface area contributed by atoms with Crippen molar-refractivity contribution in [3.05, 3.63) is 66.6 Å². The Kier molecular flexibility index (Phi) is 6.72. The van der Waals surface area contributed by atoms with Crippen LogP contribution in [-0.4, -0.2) is 52.2 Å². The van der Waals surface area contributed by atoms with Crippen LogP contribution in [0, 0.1) is 5.92 Å². The second-order valence-electron chi connectivity index (χ2n) is 7.41. The summed E-state index contributed by atoms with van der Waals surface area (Å²) in [4.78, 5) is 13.3. The van der Waals surface area contributed by atoms with Crippen molar-refractivity contribution in [1.29, 1.82) is 0 Å². The van der Waals surface area contributed by atoms with Gasteiger partial charge in [-0.25, -0.2) is 4.98 Å². The predicted molar refractivity (Wildman–Crippen MR) is 122 cm³/mol. The minimum atomic E-state index is 0.711. The number of nitrogens with zero attached hydrogens (tertiary/aromatic N) is 4. The molecule has 0 amide bonds. The first-order chi connectivity index (χ1) is 14.3. The third-order valence-corrected chi connectivity index (χ3v) is 6.44. The van der Waals surface area contributed by atoms with Gasteiger partial charge in [0.25, 0.3) is 0 Å². The lowest BCUT2D eigenvalue weighted by atomic mass is 10.2. The second kappa shape index (κ2) is 9.83. The smallest absolute Gasteiger partial charge is 0.193 e. The number of benzene rings is 1. The number of rotatable bonds is 7. The van der Waals surface area contributed by atoms with E-state index < -0.39 is 0 Å². The van der Waals surface area contributed by atoms with Gasteiger partial charge in [0, 0.05) is 55.6 Å². The van der Waals surface area contributed by atoms with E-state index >= 15 is 0 Å². The number of pyridine rings is 1. The van der Waals surface area contributed by atoms with Gasteiger partial charge < -0.3 is 14.6 Å². The third kappa shape index (κ3) is 5.32. The van der Waals surface area contributed by atoms with Crippen LogP contribution in [0.1, 0.15) is 19.0 Å². The molecule has 1 aliphatic heterocycles. The normalized spacial score (nSPS) is 17.2. The zero-order valence-electron chi connectivity index (χ0n) is 17.0. The van der Waals surface area contributed by atoms with Crippen LogP contribution in [0.25, 0.3) is 5.65 Å². The van der Waals surface area contributed by atoms with E-state index in [4.69, 9.17) is 4.99 Å². The molecule has 1 N–H and O–H groups in total. The number of aromatic nitrogens is 2. The highest BCUT2D eigenvalue weighted by Gasteiger charge is 2.24. The van der Waals surface area contributed by atoms with Crippen LogP contribution < -0.4 is 5.32 Å². The van der Waals surface area contributed by atoms with Crippen molar-refractivity contribution in [2.45, 2.75) is 24.7 Å². The first-order valence-corrected chi connectivity index (χ1v) is 11.4. The molecule has 0 radical (unpaired) electrons. The van der Waals surface area contributed by atoms with Gasteiger partial charge in [-0.1, -0.05) is 24.3 Å². The quantitative estimate of drug-likeness (QED) is 0.366. The molecule has 1 aromatic carbocycles. The van der Waals surface area contributed by atoms with Crippen molar-refractivity contribution in [2.24, 2.45) is 10.9 Å². The van der Waals surface area contributed by atoms with Crippen LogP contribution in [0.2, 0.25) is 0 Å². The summed E-state index contributed by atoms with van der Waals surface area (Å²) in [5, 5.41) is 3.48. The fraction of sp³-hybridized carbons (Fsp3) is 0.391. The zero-order valence-corrected chi connectivity index (χ0v) is 17.8. The summed E-state index contributed by atoms with van der Waals surface area (Å²) >= 11 is 1.96. The summed E-state index contributed by atoms with van der Waals surface area (Å²) in [6, 6.07) is 16.8. The molecule has 0 saturated carbocycles. The number of hydrogen-bond acceptors (Lipinski definition) is 3. The molecule has 1 unspecified atom stereocenters. The van der Waals surface area contributed by atoms with Gasteiger partial charge in [-0.05, 0) is 43.5 Å². The van der Waals surface area contributed by atoms with Crippen molar-refractivity contribution < 1.29 is 0 Å². The Morgan fingerprint density at radius 3 is 2.90 bits per heavy atom. The first kappa shape index (κ1) is 19.8. The van der Waals surface area contributed by atoms with Gasteiger partial charge in [-0.3, -0.25) is 4.99 Å². The minimum absolute atomic E-state index is 0.711. The number of guanidine groups is 1. The number of likely N-dealkylation sites (tertiary alicyclic amines) is 1. The van der Waals surface area contributed by atoms with E-state index in [1.807, 2.05) is 36.2 Å². The van der Waals surface area contributed by atoms with Gasteiger partial charge in [0.2, 0.25) is 0 Å². The maximum Gasteiger partial charge on any atom is 0.193 e. The molecule has 4 rings (SSSR count). The van der Waals surface area contributed by atoms with Crippen LogP contribution in [0.4, 0.5) is 0 Å². The highest BCUT2D eigenvalue weighted by atomic mass is 32.2. The highest BCUT2D eigenvalue weighted by molar-refractivity contribution is 7.99. The van der Waals surface area contributed by atoms with E-state index in [1.165, 1.54) is 17.1 Å².